The van der Waals surface area contributed by atoms with Gasteiger partial charge in [-0.25, -0.2) is 4.39 Å². The summed E-state index contributed by atoms with van der Waals surface area (Å²) >= 11 is 0. The van der Waals surface area contributed by atoms with Gasteiger partial charge in [0, 0.05) is 0 Å². The fourth-order valence-corrected chi connectivity index (χ4v) is 1.74. The highest BCUT2D eigenvalue weighted by atomic mass is 19.3. The SMILES string of the molecule is O=C(CNc1ccccc1F)Nc1ccccc1OC(F)F. The Morgan fingerprint density at radius 3 is 2.36 bits per heavy atom. The molecule has 0 bridgehead atoms. The van der Waals surface area contributed by atoms with Crippen molar-refractivity contribution >= 4 is 17.3 Å². The number of benzene rings is 2. The van der Waals surface area contributed by atoms with Crippen molar-refractivity contribution in [3.63, 3.8) is 0 Å². The first-order valence-electron chi connectivity index (χ1n) is 6.38. The Labute approximate surface area is 124 Å². The monoisotopic (exact) mass is 310 g/mol. The van der Waals surface area contributed by atoms with Gasteiger partial charge in [-0.3, -0.25) is 4.79 Å². The molecule has 2 aromatic rings. The van der Waals surface area contributed by atoms with Crippen molar-refractivity contribution in [3.05, 3.63) is 54.3 Å². The van der Waals surface area contributed by atoms with E-state index >= 15 is 0 Å². The summed E-state index contributed by atoms with van der Waals surface area (Å²) in [6.07, 6.45) is 0. The van der Waals surface area contributed by atoms with Crippen LogP contribution in [0.4, 0.5) is 24.5 Å². The zero-order chi connectivity index (χ0) is 15.9. The maximum atomic E-state index is 13.4. The number of anilines is 2. The molecule has 4 nitrogen and oxygen atoms in total. The number of hydrogen-bond acceptors (Lipinski definition) is 3. The molecule has 0 aliphatic carbocycles. The fraction of sp³-hybridized carbons (Fsp3) is 0.133. The van der Waals surface area contributed by atoms with Gasteiger partial charge in [-0.05, 0) is 24.3 Å². The Kier molecular flexibility index (Phi) is 5.24. The zero-order valence-corrected chi connectivity index (χ0v) is 11.4. The summed E-state index contributed by atoms with van der Waals surface area (Å²) in [7, 11) is 0. The lowest BCUT2D eigenvalue weighted by atomic mass is 10.3. The summed E-state index contributed by atoms with van der Waals surface area (Å²) < 4.78 is 42.2. The van der Waals surface area contributed by atoms with Crippen LogP contribution in [0.2, 0.25) is 0 Å². The minimum absolute atomic E-state index is 0.114. The number of nitrogens with one attached hydrogen (secondary N) is 2. The number of carbonyl (C=O) groups is 1. The van der Waals surface area contributed by atoms with Gasteiger partial charge in [0.25, 0.3) is 0 Å². The van der Waals surface area contributed by atoms with Crippen molar-refractivity contribution in [2.24, 2.45) is 0 Å². The van der Waals surface area contributed by atoms with Crippen LogP contribution in [0.1, 0.15) is 0 Å². The number of carbonyl (C=O) groups excluding carboxylic acids is 1. The molecule has 0 unspecified atom stereocenters. The lowest BCUT2D eigenvalue weighted by molar-refractivity contribution is -0.114. The third-order valence-corrected chi connectivity index (χ3v) is 2.69. The second-order valence-corrected chi connectivity index (χ2v) is 4.26. The van der Waals surface area contributed by atoms with Crippen LogP contribution in [-0.2, 0) is 4.79 Å². The van der Waals surface area contributed by atoms with Gasteiger partial charge in [0.2, 0.25) is 5.91 Å². The lowest BCUT2D eigenvalue weighted by Gasteiger charge is -2.12. The van der Waals surface area contributed by atoms with E-state index in [4.69, 9.17) is 0 Å². The Hall–Kier alpha value is -2.70. The highest BCUT2D eigenvalue weighted by Crippen LogP contribution is 2.25. The minimum atomic E-state index is -2.99. The normalized spacial score (nSPS) is 10.4. The van der Waals surface area contributed by atoms with E-state index < -0.39 is 18.3 Å². The van der Waals surface area contributed by atoms with E-state index in [2.05, 4.69) is 15.4 Å². The van der Waals surface area contributed by atoms with Crippen molar-refractivity contribution in [1.82, 2.24) is 0 Å². The van der Waals surface area contributed by atoms with E-state index in [9.17, 15) is 18.0 Å². The van der Waals surface area contributed by atoms with Crippen molar-refractivity contribution in [3.8, 4) is 5.75 Å². The van der Waals surface area contributed by atoms with Crippen LogP contribution in [0, 0.1) is 5.82 Å². The van der Waals surface area contributed by atoms with E-state index in [1.807, 2.05) is 0 Å². The minimum Gasteiger partial charge on any atom is -0.433 e. The van der Waals surface area contributed by atoms with Crippen molar-refractivity contribution < 1.29 is 22.7 Å². The van der Waals surface area contributed by atoms with Crippen molar-refractivity contribution in [1.29, 1.82) is 0 Å². The average molecular weight is 310 g/mol. The smallest absolute Gasteiger partial charge is 0.387 e. The summed E-state index contributed by atoms with van der Waals surface area (Å²) in [5.74, 6) is -1.15. The molecule has 0 saturated heterocycles. The Morgan fingerprint density at radius 2 is 1.68 bits per heavy atom. The predicted octanol–water partition coefficient (Wildman–Crippen LogP) is 3.48. The number of ether oxygens (including phenoxy) is 1. The van der Waals surface area contributed by atoms with E-state index in [0.717, 1.165) is 0 Å². The molecule has 0 aliphatic rings. The molecular formula is C15H13F3N2O2. The third kappa shape index (κ3) is 4.41. The number of amides is 1. The standard InChI is InChI=1S/C15H13F3N2O2/c16-10-5-1-2-6-11(10)19-9-14(21)20-12-7-3-4-8-13(12)22-15(17)18/h1-8,15,19H,9H2,(H,20,21). The van der Waals surface area contributed by atoms with Gasteiger partial charge in [0.15, 0.2) is 0 Å². The molecule has 0 spiro atoms. The average Bonchev–Trinajstić information content (AvgIpc) is 2.48. The van der Waals surface area contributed by atoms with E-state index in [0.29, 0.717) is 0 Å². The third-order valence-electron chi connectivity index (χ3n) is 2.69. The molecule has 0 saturated carbocycles. The molecule has 7 heteroatoms. The van der Waals surface area contributed by atoms with Crippen LogP contribution < -0.4 is 15.4 Å². The zero-order valence-electron chi connectivity index (χ0n) is 11.4. The Bertz CT molecular complexity index is 650. The molecule has 0 fully saturated rings. The van der Waals surface area contributed by atoms with Crippen LogP contribution in [0.3, 0.4) is 0 Å². The van der Waals surface area contributed by atoms with Crippen LogP contribution >= 0.6 is 0 Å². The van der Waals surface area contributed by atoms with E-state index in [1.165, 1.54) is 36.4 Å². The first kappa shape index (κ1) is 15.7. The molecule has 0 atom stereocenters. The molecule has 0 radical (unpaired) electrons. The van der Waals surface area contributed by atoms with Gasteiger partial charge in [0.1, 0.15) is 11.6 Å². The van der Waals surface area contributed by atoms with Gasteiger partial charge in [-0.2, -0.15) is 8.78 Å². The first-order valence-corrected chi connectivity index (χ1v) is 6.38. The molecule has 0 heterocycles. The summed E-state index contributed by atoms with van der Waals surface area (Å²) in [5.41, 5.74) is 0.290. The first-order chi connectivity index (χ1) is 10.6. The predicted molar refractivity (Wildman–Crippen MR) is 76.6 cm³/mol. The molecule has 2 N–H and O–H groups in total. The number of para-hydroxylation sites is 3. The molecule has 22 heavy (non-hydrogen) atoms. The molecule has 0 aliphatic heterocycles. The second kappa shape index (κ2) is 7.35. The maximum absolute atomic E-state index is 13.4. The summed E-state index contributed by atoms with van der Waals surface area (Å²) in [6, 6.07) is 11.7. The van der Waals surface area contributed by atoms with E-state index in [1.54, 1.807) is 12.1 Å². The maximum Gasteiger partial charge on any atom is 0.387 e. The topological polar surface area (TPSA) is 50.4 Å². The fourth-order valence-electron chi connectivity index (χ4n) is 1.74. The number of hydrogen-bond donors (Lipinski definition) is 2. The second-order valence-electron chi connectivity index (χ2n) is 4.26. The van der Waals surface area contributed by atoms with Crippen molar-refractivity contribution in [2.45, 2.75) is 6.61 Å². The number of alkyl halides is 2. The van der Waals surface area contributed by atoms with Gasteiger partial charge < -0.3 is 15.4 Å². The molecule has 116 valence electrons. The Morgan fingerprint density at radius 1 is 1.05 bits per heavy atom. The largest absolute Gasteiger partial charge is 0.433 e. The van der Waals surface area contributed by atoms with Crippen LogP contribution in [0.5, 0.6) is 5.75 Å². The molecule has 1 amide bonds. The quantitative estimate of drug-likeness (QED) is 0.859. The van der Waals surface area contributed by atoms with Crippen molar-refractivity contribution in [2.75, 3.05) is 17.2 Å². The molecule has 2 aromatic carbocycles. The molecule has 2 rings (SSSR count). The summed E-state index contributed by atoms with van der Waals surface area (Å²) in [5, 5.41) is 5.04. The molecular weight excluding hydrogens is 297 g/mol. The highest BCUT2D eigenvalue weighted by molar-refractivity contribution is 5.95. The van der Waals surface area contributed by atoms with Crippen LogP contribution in [0.15, 0.2) is 48.5 Å². The van der Waals surface area contributed by atoms with Crippen LogP contribution in [0.25, 0.3) is 0 Å². The number of rotatable bonds is 6. The van der Waals surface area contributed by atoms with Crippen LogP contribution in [-0.4, -0.2) is 19.1 Å². The number of halogens is 3. The molecule has 0 aromatic heterocycles. The van der Waals surface area contributed by atoms with Gasteiger partial charge in [-0.1, -0.05) is 24.3 Å². The highest BCUT2D eigenvalue weighted by Gasteiger charge is 2.11. The summed E-state index contributed by atoms with van der Waals surface area (Å²) in [6.45, 7) is -3.21. The lowest BCUT2D eigenvalue weighted by Crippen LogP contribution is -2.22. The van der Waals surface area contributed by atoms with E-state index in [-0.39, 0.29) is 23.7 Å². The van der Waals surface area contributed by atoms with Gasteiger partial charge in [0.05, 0.1) is 17.9 Å². The Balaban J connectivity index is 1.96. The van der Waals surface area contributed by atoms with Gasteiger partial charge >= 0.3 is 6.61 Å². The van der Waals surface area contributed by atoms with Gasteiger partial charge in [-0.15, -0.1) is 0 Å². The summed E-state index contributed by atoms with van der Waals surface area (Å²) in [4.78, 5) is 11.8.